The number of rotatable bonds is 2. The molecule has 2 aromatic heterocycles. The average Bonchev–Trinajstić information content (AvgIpc) is 3.17. The number of nitrogens with zero attached hydrogens (tertiary/aromatic N) is 3. The summed E-state index contributed by atoms with van der Waals surface area (Å²) in [6.07, 6.45) is 3.10. The molecule has 0 bridgehead atoms. The first-order chi connectivity index (χ1) is 10.1. The Balaban J connectivity index is 1.60. The lowest BCUT2D eigenvalue weighted by molar-refractivity contribution is 0.0520. The highest BCUT2D eigenvalue weighted by molar-refractivity contribution is 7.13. The number of carbonyl (C=O) groups excluding carboxylic acids is 2. The minimum absolute atomic E-state index is 0.00861. The van der Waals surface area contributed by atoms with Crippen LogP contribution in [0.5, 0.6) is 0 Å². The predicted molar refractivity (Wildman–Crippen MR) is 77.4 cm³/mol. The second kappa shape index (κ2) is 5.69. The van der Waals surface area contributed by atoms with Crippen molar-refractivity contribution in [2.75, 3.05) is 26.2 Å². The monoisotopic (exact) mass is 305 g/mol. The Hall–Kier alpha value is -2.15. The Morgan fingerprint density at radius 2 is 1.86 bits per heavy atom. The summed E-state index contributed by atoms with van der Waals surface area (Å²) in [6, 6.07) is 3.35. The molecule has 21 heavy (non-hydrogen) atoms. The minimum Gasteiger partial charge on any atom is -0.459 e. The number of hydrogen-bond donors (Lipinski definition) is 0. The van der Waals surface area contributed by atoms with Gasteiger partial charge in [0.2, 0.25) is 0 Å². The van der Waals surface area contributed by atoms with Crippen LogP contribution in [0, 0.1) is 6.92 Å². The van der Waals surface area contributed by atoms with E-state index in [1.165, 1.54) is 17.6 Å². The van der Waals surface area contributed by atoms with Crippen molar-refractivity contribution in [1.82, 2.24) is 14.8 Å². The molecule has 1 aliphatic rings. The third-order valence-electron chi connectivity index (χ3n) is 3.42. The highest BCUT2D eigenvalue weighted by atomic mass is 32.1. The van der Waals surface area contributed by atoms with E-state index >= 15 is 0 Å². The largest absolute Gasteiger partial charge is 0.459 e. The van der Waals surface area contributed by atoms with E-state index in [0.29, 0.717) is 36.8 Å². The van der Waals surface area contributed by atoms with Gasteiger partial charge in [0.25, 0.3) is 11.8 Å². The van der Waals surface area contributed by atoms with Gasteiger partial charge in [0.05, 0.1) is 17.5 Å². The molecule has 0 radical (unpaired) electrons. The predicted octanol–water partition coefficient (Wildman–Crippen LogP) is 1.64. The highest BCUT2D eigenvalue weighted by Gasteiger charge is 2.27. The van der Waals surface area contributed by atoms with Crippen LogP contribution in [0.4, 0.5) is 0 Å². The number of aryl methyl sites for hydroxylation is 1. The van der Waals surface area contributed by atoms with E-state index in [0.717, 1.165) is 5.01 Å². The van der Waals surface area contributed by atoms with E-state index in [4.69, 9.17) is 4.42 Å². The van der Waals surface area contributed by atoms with Crippen LogP contribution in [0.25, 0.3) is 0 Å². The summed E-state index contributed by atoms with van der Waals surface area (Å²) in [5.74, 6) is 0.208. The van der Waals surface area contributed by atoms with Gasteiger partial charge in [0.1, 0.15) is 4.88 Å². The molecule has 3 rings (SSSR count). The van der Waals surface area contributed by atoms with E-state index in [-0.39, 0.29) is 11.8 Å². The normalized spacial score (nSPS) is 15.3. The minimum atomic E-state index is -0.124. The molecule has 6 nitrogen and oxygen atoms in total. The lowest BCUT2D eigenvalue weighted by Gasteiger charge is -2.34. The van der Waals surface area contributed by atoms with Crippen molar-refractivity contribution in [3.63, 3.8) is 0 Å². The molecule has 0 aromatic carbocycles. The summed E-state index contributed by atoms with van der Waals surface area (Å²) >= 11 is 1.40. The summed E-state index contributed by atoms with van der Waals surface area (Å²) in [6.45, 7) is 3.97. The van der Waals surface area contributed by atoms with Gasteiger partial charge in [-0.3, -0.25) is 9.59 Å². The second-order valence-electron chi connectivity index (χ2n) is 4.81. The number of thiazole rings is 1. The summed E-state index contributed by atoms with van der Waals surface area (Å²) in [7, 11) is 0. The molecule has 2 amide bonds. The molecule has 110 valence electrons. The van der Waals surface area contributed by atoms with Crippen molar-refractivity contribution in [3.8, 4) is 0 Å². The van der Waals surface area contributed by atoms with Crippen molar-refractivity contribution in [3.05, 3.63) is 40.2 Å². The Kier molecular flexibility index (Phi) is 3.74. The van der Waals surface area contributed by atoms with Crippen LogP contribution >= 0.6 is 11.3 Å². The molecule has 0 unspecified atom stereocenters. The fourth-order valence-corrected chi connectivity index (χ4v) is 3.03. The lowest BCUT2D eigenvalue weighted by Crippen LogP contribution is -2.50. The molecular weight excluding hydrogens is 290 g/mol. The van der Waals surface area contributed by atoms with E-state index < -0.39 is 0 Å². The van der Waals surface area contributed by atoms with Gasteiger partial charge in [0, 0.05) is 26.2 Å². The van der Waals surface area contributed by atoms with Crippen molar-refractivity contribution >= 4 is 23.2 Å². The number of amides is 2. The van der Waals surface area contributed by atoms with Crippen LogP contribution in [0.1, 0.15) is 25.2 Å². The zero-order chi connectivity index (χ0) is 14.8. The highest BCUT2D eigenvalue weighted by Crippen LogP contribution is 2.16. The molecule has 1 saturated heterocycles. The standard InChI is InChI=1S/C14H15N3O3S/c1-10-15-9-12(21-10)14(19)17-6-4-16(5-7-17)13(18)11-3-2-8-20-11/h2-3,8-9H,4-7H2,1H3. The first-order valence-corrected chi connectivity index (χ1v) is 7.51. The van der Waals surface area contributed by atoms with Gasteiger partial charge in [-0.05, 0) is 19.1 Å². The smallest absolute Gasteiger partial charge is 0.289 e. The van der Waals surface area contributed by atoms with Gasteiger partial charge >= 0.3 is 0 Å². The van der Waals surface area contributed by atoms with E-state index in [9.17, 15) is 9.59 Å². The maximum absolute atomic E-state index is 12.3. The van der Waals surface area contributed by atoms with E-state index in [1.54, 1.807) is 28.1 Å². The summed E-state index contributed by atoms with van der Waals surface area (Å²) < 4.78 is 5.12. The van der Waals surface area contributed by atoms with Gasteiger partial charge in [0.15, 0.2) is 5.76 Å². The molecule has 1 fully saturated rings. The van der Waals surface area contributed by atoms with Crippen molar-refractivity contribution in [2.45, 2.75) is 6.92 Å². The molecule has 0 aliphatic carbocycles. The molecule has 0 spiro atoms. The van der Waals surface area contributed by atoms with Crippen LogP contribution in [0.15, 0.2) is 29.0 Å². The van der Waals surface area contributed by atoms with Crippen LogP contribution < -0.4 is 0 Å². The lowest BCUT2D eigenvalue weighted by atomic mass is 10.2. The van der Waals surface area contributed by atoms with Gasteiger partial charge in [-0.25, -0.2) is 4.98 Å². The number of furan rings is 1. The summed E-state index contributed by atoms with van der Waals surface area (Å²) in [4.78, 5) is 32.7. The second-order valence-corrected chi connectivity index (χ2v) is 6.04. The molecule has 0 saturated carbocycles. The van der Waals surface area contributed by atoms with Crippen LogP contribution in [-0.2, 0) is 0 Å². The fraction of sp³-hybridized carbons (Fsp3) is 0.357. The Labute approximate surface area is 126 Å². The molecule has 3 heterocycles. The molecule has 7 heteroatoms. The molecular formula is C14H15N3O3S. The summed E-state index contributed by atoms with van der Waals surface area (Å²) in [5, 5.41) is 0.880. The maximum Gasteiger partial charge on any atom is 0.289 e. The quantitative estimate of drug-likeness (QED) is 0.846. The van der Waals surface area contributed by atoms with Crippen LogP contribution in [-0.4, -0.2) is 52.8 Å². The fourth-order valence-electron chi connectivity index (χ4n) is 2.28. The van der Waals surface area contributed by atoms with E-state index in [1.807, 2.05) is 6.92 Å². The third-order valence-corrected chi connectivity index (χ3v) is 4.32. The molecule has 0 atom stereocenters. The van der Waals surface area contributed by atoms with Crippen molar-refractivity contribution in [1.29, 1.82) is 0 Å². The SMILES string of the molecule is Cc1ncc(C(=O)N2CCN(C(=O)c3ccco3)CC2)s1. The number of aromatic nitrogens is 1. The van der Waals surface area contributed by atoms with Gasteiger partial charge in [-0.1, -0.05) is 0 Å². The van der Waals surface area contributed by atoms with Gasteiger partial charge < -0.3 is 14.2 Å². The van der Waals surface area contributed by atoms with Gasteiger partial charge in [-0.15, -0.1) is 11.3 Å². The Bertz CT molecular complexity index is 642. The summed E-state index contributed by atoms with van der Waals surface area (Å²) in [5.41, 5.74) is 0. The Morgan fingerprint density at radius 3 is 2.38 bits per heavy atom. The number of piperazine rings is 1. The van der Waals surface area contributed by atoms with Crippen LogP contribution in [0.3, 0.4) is 0 Å². The molecule has 1 aliphatic heterocycles. The first kappa shape index (κ1) is 13.8. The van der Waals surface area contributed by atoms with Crippen molar-refractivity contribution < 1.29 is 14.0 Å². The Morgan fingerprint density at radius 1 is 1.19 bits per heavy atom. The third kappa shape index (κ3) is 2.82. The van der Waals surface area contributed by atoms with Crippen LogP contribution in [0.2, 0.25) is 0 Å². The van der Waals surface area contributed by atoms with Gasteiger partial charge in [-0.2, -0.15) is 0 Å². The number of carbonyl (C=O) groups is 2. The molecule has 2 aromatic rings. The number of hydrogen-bond acceptors (Lipinski definition) is 5. The zero-order valence-corrected chi connectivity index (χ0v) is 12.4. The zero-order valence-electron chi connectivity index (χ0n) is 11.6. The topological polar surface area (TPSA) is 66.7 Å². The van der Waals surface area contributed by atoms with E-state index in [2.05, 4.69) is 4.98 Å². The first-order valence-electron chi connectivity index (χ1n) is 6.69. The molecule has 0 N–H and O–H groups in total. The van der Waals surface area contributed by atoms with Crippen molar-refractivity contribution in [2.24, 2.45) is 0 Å². The average molecular weight is 305 g/mol. The maximum atomic E-state index is 12.3.